The Morgan fingerprint density at radius 2 is 1.67 bits per heavy atom. The average molecular weight is 169 g/mol. The van der Waals surface area contributed by atoms with E-state index in [-0.39, 0.29) is 0 Å². The number of hydrazine groups is 1. The van der Waals surface area contributed by atoms with Gasteiger partial charge < -0.3 is 0 Å². The fourth-order valence-electron chi connectivity index (χ4n) is 2.30. The standard InChI is InChI=1S/C9H19N3/c1-2-4-6-8(5-3-1)9-10-7-11-12-9/h8-12H,1-7H2. The third-order valence-electron chi connectivity index (χ3n) is 3.04. The van der Waals surface area contributed by atoms with Crippen molar-refractivity contribution in [3.8, 4) is 0 Å². The number of rotatable bonds is 1. The summed E-state index contributed by atoms with van der Waals surface area (Å²) in [4.78, 5) is 0. The fourth-order valence-corrected chi connectivity index (χ4v) is 2.30. The van der Waals surface area contributed by atoms with E-state index in [0.717, 1.165) is 12.6 Å². The Bertz CT molecular complexity index is 124. The van der Waals surface area contributed by atoms with Crippen molar-refractivity contribution in [2.45, 2.75) is 44.7 Å². The van der Waals surface area contributed by atoms with Crippen LogP contribution in [0.5, 0.6) is 0 Å². The molecule has 3 nitrogen and oxygen atoms in total. The first-order chi connectivity index (χ1) is 5.97. The van der Waals surface area contributed by atoms with E-state index in [0.29, 0.717) is 6.17 Å². The summed E-state index contributed by atoms with van der Waals surface area (Å²) in [5.41, 5.74) is 6.42. The third-order valence-corrected chi connectivity index (χ3v) is 3.04. The molecule has 3 N–H and O–H groups in total. The van der Waals surface area contributed by atoms with Gasteiger partial charge in [-0.25, -0.2) is 10.9 Å². The SMILES string of the molecule is C1CCCC(C2NCNN2)CC1. The van der Waals surface area contributed by atoms with Gasteiger partial charge in [-0.2, -0.15) is 0 Å². The topological polar surface area (TPSA) is 36.1 Å². The second-order valence-electron chi connectivity index (χ2n) is 3.93. The lowest BCUT2D eigenvalue weighted by Gasteiger charge is -2.21. The molecule has 0 amide bonds. The molecule has 70 valence electrons. The lowest BCUT2D eigenvalue weighted by Crippen LogP contribution is -2.40. The Kier molecular flexibility index (Phi) is 2.98. The maximum absolute atomic E-state index is 3.43. The van der Waals surface area contributed by atoms with Gasteiger partial charge in [0, 0.05) is 0 Å². The van der Waals surface area contributed by atoms with Crippen LogP contribution in [0.15, 0.2) is 0 Å². The largest absolute Gasteiger partial charge is 0.287 e. The summed E-state index contributed by atoms with van der Waals surface area (Å²) in [5.74, 6) is 0.850. The molecule has 0 aromatic rings. The summed E-state index contributed by atoms with van der Waals surface area (Å²) >= 11 is 0. The van der Waals surface area contributed by atoms with Gasteiger partial charge in [0.15, 0.2) is 0 Å². The molecule has 0 aromatic carbocycles. The number of nitrogens with one attached hydrogen (secondary N) is 3. The second-order valence-corrected chi connectivity index (χ2v) is 3.93. The molecule has 12 heavy (non-hydrogen) atoms. The molecule has 1 saturated carbocycles. The molecule has 1 saturated heterocycles. The summed E-state index contributed by atoms with van der Waals surface area (Å²) < 4.78 is 0. The molecule has 2 fully saturated rings. The molecule has 1 aliphatic heterocycles. The molecule has 1 aliphatic carbocycles. The minimum atomic E-state index is 0.531. The predicted molar refractivity (Wildman–Crippen MR) is 49.3 cm³/mol. The van der Waals surface area contributed by atoms with Crippen LogP contribution in [-0.2, 0) is 0 Å². The van der Waals surface area contributed by atoms with E-state index < -0.39 is 0 Å². The average Bonchev–Trinajstić information content (AvgIpc) is 2.48. The highest BCUT2D eigenvalue weighted by molar-refractivity contribution is 4.77. The highest BCUT2D eigenvalue weighted by Crippen LogP contribution is 2.24. The van der Waals surface area contributed by atoms with Crippen LogP contribution in [0.2, 0.25) is 0 Å². The summed E-state index contributed by atoms with van der Waals surface area (Å²) in [6.45, 7) is 0.918. The van der Waals surface area contributed by atoms with Gasteiger partial charge in [0.25, 0.3) is 0 Å². The maximum atomic E-state index is 3.43. The molecule has 0 radical (unpaired) electrons. The van der Waals surface area contributed by atoms with Crippen LogP contribution in [0.3, 0.4) is 0 Å². The quantitative estimate of drug-likeness (QED) is 0.511. The van der Waals surface area contributed by atoms with Gasteiger partial charge >= 0.3 is 0 Å². The summed E-state index contributed by atoms with van der Waals surface area (Å²) in [5, 5.41) is 3.43. The molecule has 0 aromatic heterocycles. The number of hydrogen-bond donors (Lipinski definition) is 3. The fraction of sp³-hybridized carbons (Fsp3) is 1.00. The number of hydrogen-bond acceptors (Lipinski definition) is 3. The predicted octanol–water partition coefficient (Wildman–Crippen LogP) is 0.938. The lowest BCUT2D eigenvalue weighted by atomic mass is 9.97. The van der Waals surface area contributed by atoms with Crippen molar-refractivity contribution in [2.24, 2.45) is 5.92 Å². The first-order valence-electron chi connectivity index (χ1n) is 5.18. The Morgan fingerprint density at radius 3 is 2.25 bits per heavy atom. The Morgan fingerprint density at radius 1 is 0.917 bits per heavy atom. The second kappa shape index (κ2) is 4.21. The van der Waals surface area contributed by atoms with Crippen molar-refractivity contribution < 1.29 is 0 Å². The monoisotopic (exact) mass is 169 g/mol. The molecule has 1 atom stereocenters. The van der Waals surface area contributed by atoms with Crippen LogP contribution >= 0.6 is 0 Å². The van der Waals surface area contributed by atoms with Crippen molar-refractivity contribution in [1.82, 2.24) is 16.2 Å². The molecular weight excluding hydrogens is 150 g/mol. The molecule has 0 spiro atoms. The van der Waals surface area contributed by atoms with Crippen molar-refractivity contribution in [3.05, 3.63) is 0 Å². The van der Waals surface area contributed by atoms with Gasteiger partial charge in [-0.15, -0.1) is 0 Å². The Hall–Kier alpha value is -0.120. The lowest BCUT2D eigenvalue weighted by molar-refractivity contribution is 0.317. The first kappa shape index (κ1) is 8.48. The summed E-state index contributed by atoms with van der Waals surface area (Å²) in [7, 11) is 0. The highest BCUT2D eigenvalue weighted by Gasteiger charge is 2.24. The normalized spacial score (nSPS) is 33.5. The van der Waals surface area contributed by atoms with E-state index in [2.05, 4.69) is 16.2 Å². The molecule has 3 heteroatoms. The Balaban J connectivity index is 1.83. The van der Waals surface area contributed by atoms with E-state index in [1.807, 2.05) is 0 Å². The van der Waals surface area contributed by atoms with Crippen LogP contribution in [0.25, 0.3) is 0 Å². The molecule has 2 rings (SSSR count). The van der Waals surface area contributed by atoms with Gasteiger partial charge in [-0.05, 0) is 18.8 Å². The summed E-state index contributed by atoms with van der Waals surface area (Å²) in [6.07, 6.45) is 9.05. The minimum Gasteiger partial charge on any atom is -0.287 e. The maximum Gasteiger partial charge on any atom is 0.0743 e. The van der Waals surface area contributed by atoms with E-state index in [1.165, 1.54) is 38.5 Å². The molecular formula is C9H19N3. The van der Waals surface area contributed by atoms with Crippen molar-refractivity contribution in [1.29, 1.82) is 0 Å². The Labute approximate surface area is 74.3 Å². The van der Waals surface area contributed by atoms with Crippen LogP contribution < -0.4 is 16.2 Å². The van der Waals surface area contributed by atoms with Gasteiger partial charge in [0.1, 0.15) is 0 Å². The first-order valence-corrected chi connectivity index (χ1v) is 5.18. The molecule has 0 bridgehead atoms. The minimum absolute atomic E-state index is 0.531. The van der Waals surface area contributed by atoms with Crippen molar-refractivity contribution in [2.75, 3.05) is 6.67 Å². The summed E-state index contributed by atoms with van der Waals surface area (Å²) in [6, 6.07) is 0. The van der Waals surface area contributed by atoms with Gasteiger partial charge in [0.05, 0.1) is 12.8 Å². The molecule has 2 aliphatic rings. The van der Waals surface area contributed by atoms with Crippen LogP contribution in [0.4, 0.5) is 0 Å². The van der Waals surface area contributed by atoms with Gasteiger partial charge in [0.2, 0.25) is 0 Å². The van der Waals surface area contributed by atoms with Crippen LogP contribution in [-0.4, -0.2) is 12.8 Å². The van der Waals surface area contributed by atoms with Gasteiger partial charge in [-0.3, -0.25) is 5.32 Å². The van der Waals surface area contributed by atoms with E-state index in [9.17, 15) is 0 Å². The van der Waals surface area contributed by atoms with E-state index in [4.69, 9.17) is 0 Å². The smallest absolute Gasteiger partial charge is 0.0743 e. The van der Waals surface area contributed by atoms with Gasteiger partial charge in [-0.1, -0.05) is 25.7 Å². The zero-order valence-corrected chi connectivity index (χ0v) is 7.60. The van der Waals surface area contributed by atoms with Crippen molar-refractivity contribution >= 4 is 0 Å². The highest BCUT2D eigenvalue weighted by atomic mass is 15.5. The molecule has 1 unspecified atom stereocenters. The van der Waals surface area contributed by atoms with E-state index >= 15 is 0 Å². The van der Waals surface area contributed by atoms with Crippen LogP contribution in [0, 0.1) is 5.92 Å². The van der Waals surface area contributed by atoms with Crippen LogP contribution in [0.1, 0.15) is 38.5 Å². The zero-order valence-electron chi connectivity index (χ0n) is 7.60. The molecule has 1 heterocycles. The van der Waals surface area contributed by atoms with E-state index in [1.54, 1.807) is 0 Å². The zero-order chi connectivity index (χ0) is 8.23. The third kappa shape index (κ3) is 1.97. The van der Waals surface area contributed by atoms with Crippen molar-refractivity contribution in [3.63, 3.8) is 0 Å².